The van der Waals surface area contributed by atoms with Crippen molar-refractivity contribution in [2.24, 2.45) is 5.92 Å². The monoisotopic (exact) mass is 265 g/mol. The summed E-state index contributed by atoms with van der Waals surface area (Å²) in [5, 5.41) is 9.07. The van der Waals surface area contributed by atoms with E-state index < -0.39 is 17.9 Å². The standard InChI is InChI=1S/C12H15N3O4/c1-15(10-6-19-5-8(10)12(17)18)11(16)9-3-2-7(13)4-14-9/h2-4,8,10H,5-6,13H2,1H3,(H,17,18). The third-order valence-electron chi connectivity index (χ3n) is 3.19. The quantitative estimate of drug-likeness (QED) is 0.786. The minimum Gasteiger partial charge on any atom is -0.481 e. The number of rotatable bonds is 3. The average molecular weight is 265 g/mol. The van der Waals surface area contributed by atoms with Crippen LogP contribution in [0.2, 0.25) is 0 Å². The van der Waals surface area contributed by atoms with E-state index in [9.17, 15) is 9.59 Å². The van der Waals surface area contributed by atoms with Crippen LogP contribution in [0.4, 0.5) is 5.69 Å². The van der Waals surface area contributed by atoms with E-state index in [4.69, 9.17) is 15.6 Å². The van der Waals surface area contributed by atoms with Gasteiger partial charge in [-0.05, 0) is 12.1 Å². The molecule has 7 nitrogen and oxygen atoms in total. The van der Waals surface area contributed by atoms with Crippen LogP contribution in [0.3, 0.4) is 0 Å². The minimum absolute atomic E-state index is 0.118. The minimum atomic E-state index is -0.965. The topological polar surface area (TPSA) is 106 Å². The highest BCUT2D eigenvalue weighted by Crippen LogP contribution is 2.20. The van der Waals surface area contributed by atoms with Crippen LogP contribution in [0.25, 0.3) is 0 Å². The Kier molecular flexibility index (Phi) is 3.66. The summed E-state index contributed by atoms with van der Waals surface area (Å²) in [6.07, 6.45) is 1.39. The number of hydrogen-bond donors (Lipinski definition) is 2. The molecule has 0 aliphatic carbocycles. The molecule has 102 valence electrons. The average Bonchev–Trinajstić information content (AvgIpc) is 2.87. The second kappa shape index (κ2) is 5.23. The number of carbonyl (C=O) groups excluding carboxylic acids is 1. The molecule has 0 aromatic carbocycles. The number of aliphatic carboxylic acids is 1. The molecule has 0 saturated carbocycles. The lowest BCUT2D eigenvalue weighted by molar-refractivity contribution is -0.142. The number of carboxylic acid groups (broad SMARTS) is 1. The normalized spacial score (nSPS) is 22.2. The molecule has 3 N–H and O–H groups in total. The molecule has 1 amide bonds. The summed E-state index contributed by atoms with van der Waals surface area (Å²) >= 11 is 0. The van der Waals surface area contributed by atoms with Crippen LogP contribution in [0.1, 0.15) is 10.5 Å². The largest absolute Gasteiger partial charge is 0.481 e. The van der Waals surface area contributed by atoms with Crippen molar-refractivity contribution in [3.8, 4) is 0 Å². The number of carboxylic acids is 1. The molecule has 2 heterocycles. The van der Waals surface area contributed by atoms with Crippen LogP contribution in [-0.2, 0) is 9.53 Å². The van der Waals surface area contributed by atoms with E-state index in [1.807, 2.05) is 0 Å². The van der Waals surface area contributed by atoms with Crippen molar-refractivity contribution in [2.75, 3.05) is 26.0 Å². The van der Waals surface area contributed by atoms with Crippen molar-refractivity contribution >= 4 is 17.6 Å². The molecule has 1 aliphatic rings. The van der Waals surface area contributed by atoms with E-state index in [-0.39, 0.29) is 24.8 Å². The SMILES string of the molecule is CN(C(=O)c1ccc(N)cn1)C1COCC1C(=O)O. The number of amides is 1. The number of pyridine rings is 1. The number of hydrogen-bond acceptors (Lipinski definition) is 5. The number of carbonyl (C=O) groups is 2. The molecule has 2 atom stereocenters. The number of nitrogens with two attached hydrogens (primary N) is 1. The molecular weight excluding hydrogens is 250 g/mol. The van der Waals surface area contributed by atoms with E-state index in [1.54, 1.807) is 13.1 Å². The zero-order valence-electron chi connectivity index (χ0n) is 10.4. The van der Waals surface area contributed by atoms with Crippen LogP contribution in [-0.4, -0.2) is 53.2 Å². The zero-order chi connectivity index (χ0) is 14.0. The van der Waals surface area contributed by atoms with E-state index in [0.717, 1.165) is 0 Å². The summed E-state index contributed by atoms with van der Waals surface area (Å²) in [6.45, 7) is 0.334. The maximum absolute atomic E-state index is 12.2. The number of aromatic nitrogens is 1. The van der Waals surface area contributed by atoms with Gasteiger partial charge in [-0.25, -0.2) is 4.98 Å². The van der Waals surface area contributed by atoms with Crippen LogP contribution < -0.4 is 5.73 Å². The highest BCUT2D eigenvalue weighted by atomic mass is 16.5. The fourth-order valence-electron chi connectivity index (χ4n) is 2.02. The van der Waals surface area contributed by atoms with Gasteiger partial charge in [-0.3, -0.25) is 9.59 Å². The van der Waals surface area contributed by atoms with Gasteiger partial charge in [0, 0.05) is 7.05 Å². The first kappa shape index (κ1) is 13.3. The summed E-state index contributed by atoms with van der Waals surface area (Å²) in [5.41, 5.74) is 6.20. The van der Waals surface area contributed by atoms with Crippen LogP contribution in [0.15, 0.2) is 18.3 Å². The van der Waals surface area contributed by atoms with E-state index >= 15 is 0 Å². The molecule has 0 spiro atoms. The molecule has 1 fully saturated rings. The summed E-state index contributed by atoms with van der Waals surface area (Å²) in [6, 6.07) is 2.61. The van der Waals surface area contributed by atoms with Crippen molar-refractivity contribution in [2.45, 2.75) is 6.04 Å². The molecule has 7 heteroatoms. The summed E-state index contributed by atoms with van der Waals surface area (Å²) in [7, 11) is 1.55. The summed E-state index contributed by atoms with van der Waals surface area (Å²) < 4.78 is 5.14. The maximum Gasteiger partial charge on any atom is 0.311 e. The van der Waals surface area contributed by atoms with Gasteiger partial charge in [-0.2, -0.15) is 0 Å². The first-order chi connectivity index (χ1) is 9.00. The Balaban J connectivity index is 2.14. The molecule has 1 aromatic heterocycles. The van der Waals surface area contributed by atoms with Crippen LogP contribution in [0.5, 0.6) is 0 Å². The first-order valence-corrected chi connectivity index (χ1v) is 5.80. The van der Waals surface area contributed by atoms with Gasteiger partial charge in [0.25, 0.3) is 5.91 Å². The maximum atomic E-state index is 12.2. The van der Waals surface area contributed by atoms with Crippen molar-refractivity contribution in [1.29, 1.82) is 0 Å². The smallest absolute Gasteiger partial charge is 0.311 e. The van der Waals surface area contributed by atoms with Crippen molar-refractivity contribution < 1.29 is 19.4 Å². The Morgan fingerprint density at radius 3 is 2.79 bits per heavy atom. The Labute approximate surface area is 110 Å². The predicted molar refractivity (Wildman–Crippen MR) is 66.5 cm³/mol. The van der Waals surface area contributed by atoms with Crippen molar-refractivity contribution in [3.05, 3.63) is 24.0 Å². The molecule has 2 unspecified atom stereocenters. The van der Waals surface area contributed by atoms with Crippen molar-refractivity contribution in [3.63, 3.8) is 0 Å². The van der Waals surface area contributed by atoms with Gasteiger partial charge in [0.05, 0.1) is 31.1 Å². The van der Waals surface area contributed by atoms with Gasteiger partial charge < -0.3 is 20.5 Å². The van der Waals surface area contributed by atoms with Gasteiger partial charge in [0.15, 0.2) is 0 Å². The van der Waals surface area contributed by atoms with Crippen LogP contribution >= 0.6 is 0 Å². The van der Waals surface area contributed by atoms with Gasteiger partial charge in [-0.1, -0.05) is 0 Å². The molecule has 0 radical (unpaired) electrons. The second-order valence-corrected chi connectivity index (χ2v) is 4.44. The lowest BCUT2D eigenvalue weighted by Crippen LogP contribution is -2.44. The van der Waals surface area contributed by atoms with E-state index in [1.165, 1.54) is 17.2 Å². The predicted octanol–water partition coefficient (Wildman–Crippen LogP) is -0.165. The summed E-state index contributed by atoms with van der Waals surface area (Å²) in [4.78, 5) is 28.6. The fourth-order valence-corrected chi connectivity index (χ4v) is 2.02. The lowest BCUT2D eigenvalue weighted by Gasteiger charge is -2.25. The molecule has 2 rings (SSSR count). The number of likely N-dealkylation sites (N-methyl/N-ethyl adjacent to an activating group) is 1. The van der Waals surface area contributed by atoms with E-state index in [2.05, 4.69) is 4.98 Å². The molecule has 1 aliphatic heterocycles. The number of ether oxygens (including phenoxy) is 1. The third-order valence-corrected chi connectivity index (χ3v) is 3.19. The molecule has 1 aromatic rings. The van der Waals surface area contributed by atoms with Gasteiger partial charge >= 0.3 is 5.97 Å². The fraction of sp³-hybridized carbons (Fsp3) is 0.417. The van der Waals surface area contributed by atoms with Crippen LogP contribution in [0, 0.1) is 5.92 Å². The molecule has 1 saturated heterocycles. The number of nitrogens with zero attached hydrogens (tertiary/aromatic N) is 2. The number of anilines is 1. The first-order valence-electron chi connectivity index (χ1n) is 5.80. The zero-order valence-corrected chi connectivity index (χ0v) is 10.4. The molecular formula is C12H15N3O4. The van der Waals surface area contributed by atoms with Gasteiger partial charge in [0.1, 0.15) is 11.6 Å². The Morgan fingerprint density at radius 2 is 2.21 bits per heavy atom. The van der Waals surface area contributed by atoms with Gasteiger partial charge in [-0.15, -0.1) is 0 Å². The Bertz CT molecular complexity index is 488. The van der Waals surface area contributed by atoms with Gasteiger partial charge in [0.2, 0.25) is 0 Å². The Morgan fingerprint density at radius 1 is 1.47 bits per heavy atom. The molecule has 19 heavy (non-hydrogen) atoms. The van der Waals surface area contributed by atoms with E-state index in [0.29, 0.717) is 5.69 Å². The lowest BCUT2D eigenvalue weighted by atomic mass is 10.0. The third kappa shape index (κ3) is 2.65. The highest BCUT2D eigenvalue weighted by molar-refractivity contribution is 5.93. The highest BCUT2D eigenvalue weighted by Gasteiger charge is 2.38. The Hall–Kier alpha value is -2.15. The molecule has 0 bridgehead atoms. The summed E-state index contributed by atoms with van der Waals surface area (Å²) in [5.74, 6) is -2.02. The van der Waals surface area contributed by atoms with Crippen molar-refractivity contribution in [1.82, 2.24) is 9.88 Å². The second-order valence-electron chi connectivity index (χ2n) is 4.44. The number of nitrogen functional groups attached to an aromatic ring is 1.